The van der Waals surface area contributed by atoms with Gasteiger partial charge < -0.3 is 19.6 Å². The Kier molecular flexibility index (Phi) is 4.50. The lowest BCUT2D eigenvalue weighted by molar-refractivity contribution is -0.119. The molecule has 24 heavy (non-hydrogen) atoms. The van der Waals surface area contributed by atoms with Crippen LogP contribution in [0.1, 0.15) is 12.5 Å². The quantitative estimate of drug-likeness (QED) is 0.885. The minimum Gasteiger partial charge on any atom is -0.471 e. The van der Waals surface area contributed by atoms with Crippen molar-refractivity contribution in [3.8, 4) is 0 Å². The molecule has 2 aliphatic heterocycles. The zero-order valence-corrected chi connectivity index (χ0v) is 13.0. The van der Waals surface area contributed by atoms with Crippen molar-refractivity contribution in [2.75, 3.05) is 31.2 Å². The van der Waals surface area contributed by atoms with Gasteiger partial charge in [0.25, 0.3) is 5.90 Å². The van der Waals surface area contributed by atoms with Gasteiger partial charge in [-0.25, -0.2) is 9.18 Å². The van der Waals surface area contributed by atoms with Crippen LogP contribution in [0, 0.1) is 5.82 Å². The molecule has 1 atom stereocenters. The fourth-order valence-corrected chi connectivity index (χ4v) is 2.37. The summed E-state index contributed by atoms with van der Waals surface area (Å²) >= 11 is 0. The molecule has 1 saturated heterocycles. The molecule has 2 amide bonds. The van der Waals surface area contributed by atoms with Gasteiger partial charge >= 0.3 is 6.09 Å². The van der Waals surface area contributed by atoms with E-state index in [-0.39, 0.29) is 30.5 Å². The Balaban J connectivity index is 1.73. The van der Waals surface area contributed by atoms with Gasteiger partial charge in [0.2, 0.25) is 5.91 Å². The summed E-state index contributed by atoms with van der Waals surface area (Å²) in [6.45, 7) is 2.42. The molecule has 0 bridgehead atoms. The summed E-state index contributed by atoms with van der Waals surface area (Å²) < 4.78 is 24.7. The van der Waals surface area contributed by atoms with E-state index >= 15 is 0 Å². The number of halogens is 1. The van der Waals surface area contributed by atoms with Crippen LogP contribution in [0.4, 0.5) is 14.9 Å². The number of carbonyl (C=O) groups is 2. The van der Waals surface area contributed by atoms with Crippen molar-refractivity contribution >= 4 is 23.6 Å². The van der Waals surface area contributed by atoms with Crippen LogP contribution in [0.25, 0.3) is 0 Å². The number of oxime groups is 1. The minimum atomic E-state index is -0.591. The van der Waals surface area contributed by atoms with E-state index in [0.29, 0.717) is 18.9 Å². The van der Waals surface area contributed by atoms with Crippen LogP contribution < -0.4 is 10.2 Å². The molecule has 9 heteroatoms. The van der Waals surface area contributed by atoms with Crippen LogP contribution in [0.5, 0.6) is 0 Å². The number of rotatable bonds is 4. The zero-order valence-electron chi connectivity index (χ0n) is 13.0. The zero-order chi connectivity index (χ0) is 17.1. The number of amides is 2. The van der Waals surface area contributed by atoms with Gasteiger partial charge in [0.1, 0.15) is 18.5 Å². The van der Waals surface area contributed by atoms with Gasteiger partial charge in [0.05, 0.1) is 24.3 Å². The average Bonchev–Trinajstić information content (AvgIpc) is 2.94. The van der Waals surface area contributed by atoms with Crippen molar-refractivity contribution in [1.29, 1.82) is 0 Å². The fraction of sp³-hybridized carbons (Fsp3) is 0.400. The van der Waals surface area contributed by atoms with E-state index in [2.05, 4.69) is 10.5 Å². The summed E-state index contributed by atoms with van der Waals surface area (Å²) in [5.74, 6) is -0.733. The first-order chi connectivity index (χ1) is 11.5. The Hall–Kier alpha value is -2.84. The molecule has 2 heterocycles. The summed E-state index contributed by atoms with van der Waals surface area (Å²) in [7, 11) is 0. The Morgan fingerprint density at radius 1 is 1.46 bits per heavy atom. The van der Waals surface area contributed by atoms with Gasteiger partial charge in [-0.15, -0.1) is 0 Å². The molecule has 0 unspecified atom stereocenters. The molecule has 1 N–H and O–H groups in total. The molecule has 0 spiro atoms. The summed E-state index contributed by atoms with van der Waals surface area (Å²) in [5, 5.41) is 6.25. The van der Waals surface area contributed by atoms with Crippen molar-refractivity contribution in [3.05, 3.63) is 29.6 Å². The SMILES string of the molecule is CC(=O)NC[C@H]1CN(c2ccc(C3=NOCCO3)c(F)c2)C(=O)O1. The summed E-state index contributed by atoms with van der Waals surface area (Å²) in [6.07, 6.45) is -1.07. The molecular weight excluding hydrogens is 321 g/mol. The molecule has 1 aromatic carbocycles. The maximum Gasteiger partial charge on any atom is 0.414 e. The normalized spacial score (nSPS) is 19.9. The molecule has 0 aromatic heterocycles. The molecule has 8 nitrogen and oxygen atoms in total. The Morgan fingerprint density at radius 3 is 2.96 bits per heavy atom. The third-order valence-electron chi connectivity index (χ3n) is 3.51. The molecule has 128 valence electrons. The predicted octanol–water partition coefficient (Wildman–Crippen LogP) is 0.995. The Bertz CT molecular complexity index is 694. The van der Waals surface area contributed by atoms with Crippen molar-refractivity contribution in [1.82, 2.24) is 5.32 Å². The summed E-state index contributed by atoms with van der Waals surface area (Å²) in [5.41, 5.74) is 0.504. The highest BCUT2D eigenvalue weighted by Gasteiger charge is 2.33. The number of anilines is 1. The second kappa shape index (κ2) is 6.73. The summed E-state index contributed by atoms with van der Waals surface area (Å²) in [6, 6.07) is 4.24. The maximum absolute atomic E-state index is 14.3. The monoisotopic (exact) mass is 337 g/mol. The topological polar surface area (TPSA) is 89.5 Å². The second-order valence-electron chi connectivity index (χ2n) is 5.30. The van der Waals surface area contributed by atoms with E-state index in [4.69, 9.17) is 14.3 Å². The first kappa shape index (κ1) is 16.0. The maximum atomic E-state index is 14.3. The van der Waals surface area contributed by atoms with E-state index in [1.54, 1.807) is 6.07 Å². The number of hydrogen-bond acceptors (Lipinski definition) is 6. The van der Waals surface area contributed by atoms with Gasteiger partial charge in [-0.05, 0) is 23.4 Å². The lowest BCUT2D eigenvalue weighted by atomic mass is 10.1. The molecule has 0 aliphatic carbocycles. The first-order valence-corrected chi connectivity index (χ1v) is 7.40. The lowest BCUT2D eigenvalue weighted by Crippen LogP contribution is -2.33. The molecule has 1 aromatic rings. The molecule has 2 aliphatic rings. The number of ether oxygens (including phenoxy) is 2. The molecule has 0 saturated carbocycles. The Morgan fingerprint density at radius 2 is 2.29 bits per heavy atom. The van der Waals surface area contributed by atoms with Gasteiger partial charge in [-0.2, -0.15) is 0 Å². The van der Waals surface area contributed by atoms with Crippen molar-refractivity contribution in [2.24, 2.45) is 5.16 Å². The largest absolute Gasteiger partial charge is 0.471 e. The lowest BCUT2D eigenvalue weighted by Gasteiger charge is -2.16. The average molecular weight is 337 g/mol. The van der Waals surface area contributed by atoms with Crippen LogP contribution >= 0.6 is 0 Å². The highest BCUT2D eigenvalue weighted by molar-refractivity contribution is 5.96. The Labute approximate surface area is 137 Å². The second-order valence-corrected chi connectivity index (χ2v) is 5.30. The van der Waals surface area contributed by atoms with E-state index in [0.717, 1.165) is 0 Å². The fourth-order valence-electron chi connectivity index (χ4n) is 2.37. The third kappa shape index (κ3) is 3.39. The number of nitrogens with one attached hydrogen (secondary N) is 1. The van der Waals surface area contributed by atoms with E-state index in [1.165, 1.54) is 24.0 Å². The van der Waals surface area contributed by atoms with Crippen molar-refractivity contribution < 1.29 is 28.3 Å². The molecule has 3 rings (SSSR count). The first-order valence-electron chi connectivity index (χ1n) is 7.40. The van der Waals surface area contributed by atoms with Crippen molar-refractivity contribution in [2.45, 2.75) is 13.0 Å². The number of benzene rings is 1. The van der Waals surface area contributed by atoms with Crippen LogP contribution in [-0.2, 0) is 19.1 Å². The number of cyclic esters (lactones) is 1. The van der Waals surface area contributed by atoms with Gasteiger partial charge in [0.15, 0.2) is 6.61 Å². The van der Waals surface area contributed by atoms with Gasteiger partial charge in [-0.3, -0.25) is 9.69 Å². The van der Waals surface area contributed by atoms with Crippen LogP contribution in [0.3, 0.4) is 0 Å². The minimum absolute atomic E-state index is 0.0674. The smallest absolute Gasteiger partial charge is 0.414 e. The third-order valence-corrected chi connectivity index (χ3v) is 3.51. The summed E-state index contributed by atoms with van der Waals surface area (Å²) in [4.78, 5) is 29.0. The van der Waals surface area contributed by atoms with Crippen LogP contribution in [0.2, 0.25) is 0 Å². The van der Waals surface area contributed by atoms with E-state index in [1.807, 2.05) is 0 Å². The van der Waals surface area contributed by atoms with Crippen LogP contribution in [-0.4, -0.2) is 50.3 Å². The highest BCUT2D eigenvalue weighted by Crippen LogP contribution is 2.24. The van der Waals surface area contributed by atoms with Gasteiger partial charge in [-0.1, -0.05) is 0 Å². The number of nitrogens with zero attached hydrogens (tertiary/aromatic N) is 2. The van der Waals surface area contributed by atoms with E-state index < -0.39 is 18.0 Å². The highest BCUT2D eigenvalue weighted by atomic mass is 19.1. The predicted molar refractivity (Wildman–Crippen MR) is 81.1 cm³/mol. The number of carbonyl (C=O) groups excluding carboxylic acids is 2. The van der Waals surface area contributed by atoms with Crippen LogP contribution in [0.15, 0.2) is 23.4 Å². The molecule has 1 fully saturated rings. The standard InChI is InChI=1S/C15H16FN3O5/c1-9(20)17-7-11-8-19(15(21)24-11)10-2-3-12(13(16)6-10)14-18-23-5-4-22-14/h2-3,6,11H,4-5,7-8H2,1H3,(H,17,20)/t11-/m0/s1. The van der Waals surface area contributed by atoms with E-state index in [9.17, 15) is 14.0 Å². The molecular formula is C15H16FN3O5. The van der Waals surface area contributed by atoms with Crippen molar-refractivity contribution in [3.63, 3.8) is 0 Å². The molecule has 0 radical (unpaired) electrons. The number of hydrogen-bond donors (Lipinski definition) is 1. The van der Waals surface area contributed by atoms with Gasteiger partial charge in [0, 0.05) is 6.92 Å².